The van der Waals surface area contributed by atoms with Gasteiger partial charge in [-0.05, 0) is 25.8 Å². The highest BCUT2D eigenvalue weighted by Gasteiger charge is 2.60. The Balaban J connectivity index is 2.35. The molecule has 172 valence electrons. The first kappa shape index (κ1) is 24.7. The molecule has 2 saturated carbocycles. The number of ether oxygens (including phenoxy) is 3. The molecule has 0 radical (unpaired) electrons. The Labute approximate surface area is 181 Å². The Bertz CT molecular complexity index is 799. The van der Waals surface area contributed by atoms with Crippen molar-refractivity contribution in [2.75, 3.05) is 13.7 Å². The van der Waals surface area contributed by atoms with Crippen LogP contribution in [0.2, 0.25) is 0 Å². The maximum absolute atomic E-state index is 12.6. The van der Waals surface area contributed by atoms with Crippen LogP contribution in [0.15, 0.2) is 23.8 Å². The molecule has 0 aromatic heterocycles. The van der Waals surface area contributed by atoms with Crippen molar-refractivity contribution in [2.24, 2.45) is 17.3 Å². The number of carbonyl (C=O) groups is 4. The second-order valence-corrected chi connectivity index (χ2v) is 8.38. The van der Waals surface area contributed by atoms with E-state index >= 15 is 0 Å². The van der Waals surface area contributed by atoms with E-state index in [2.05, 4.69) is 6.58 Å². The summed E-state index contributed by atoms with van der Waals surface area (Å²) in [5.74, 6) is -4.27. The van der Waals surface area contributed by atoms with Gasteiger partial charge in [0.1, 0.15) is 18.5 Å². The second-order valence-electron chi connectivity index (χ2n) is 8.38. The van der Waals surface area contributed by atoms with Gasteiger partial charge in [-0.25, -0.2) is 9.59 Å². The first-order valence-electron chi connectivity index (χ1n) is 10.1. The number of carbonyl (C=O) groups excluding carboxylic acids is 4. The van der Waals surface area contributed by atoms with Crippen LogP contribution in [0.25, 0.3) is 0 Å². The molecule has 0 amide bonds. The van der Waals surface area contributed by atoms with E-state index in [0.717, 1.165) is 7.11 Å². The van der Waals surface area contributed by atoms with Crippen LogP contribution in [0, 0.1) is 17.3 Å². The van der Waals surface area contributed by atoms with Gasteiger partial charge in [0.15, 0.2) is 0 Å². The molecule has 0 spiro atoms. The monoisotopic (exact) mass is 438 g/mol. The summed E-state index contributed by atoms with van der Waals surface area (Å²) < 4.78 is 15.1. The molecule has 0 aliphatic heterocycles. The average Bonchev–Trinajstić information content (AvgIpc) is 2.69. The fraction of sp³-hybridized carbons (Fsp3) is 0.636. The average molecular weight is 438 g/mol. The molecular weight excluding hydrogens is 408 g/mol. The number of rotatable bonds is 6. The standard InChI is InChI=1S/C22H30O9/c1-11(8-9-30-13(3)23)20(27)31-15-10-22(4)16(25)7-6-14(24)18(22)19(26)17(15)12(2)21(28)29-5/h8,15-19,25-26H,2,6-7,9-10H2,1,3-5H3/b11-8-/t15-,16-,17-,18-,19-,22-/m1/s1. The summed E-state index contributed by atoms with van der Waals surface area (Å²) in [4.78, 5) is 48.3. The molecule has 9 heteroatoms. The van der Waals surface area contributed by atoms with Crippen LogP contribution in [-0.4, -0.2) is 65.9 Å². The van der Waals surface area contributed by atoms with Crippen LogP contribution in [0.4, 0.5) is 0 Å². The summed E-state index contributed by atoms with van der Waals surface area (Å²) in [6, 6.07) is 0. The van der Waals surface area contributed by atoms with Crippen molar-refractivity contribution in [3.63, 3.8) is 0 Å². The predicted molar refractivity (Wildman–Crippen MR) is 107 cm³/mol. The largest absolute Gasteiger partial charge is 0.466 e. The van der Waals surface area contributed by atoms with Crippen molar-refractivity contribution in [1.82, 2.24) is 0 Å². The minimum absolute atomic E-state index is 0.0469. The zero-order valence-corrected chi connectivity index (χ0v) is 18.3. The van der Waals surface area contributed by atoms with Gasteiger partial charge in [-0.2, -0.15) is 0 Å². The minimum atomic E-state index is -1.39. The van der Waals surface area contributed by atoms with Crippen molar-refractivity contribution < 1.29 is 43.6 Å². The molecule has 2 aliphatic carbocycles. The third-order valence-corrected chi connectivity index (χ3v) is 6.34. The van der Waals surface area contributed by atoms with E-state index < -0.39 is 53.5 Å². The van der Waals surface area contributed by atoms with Gasteiger partial charge in [-0.3, -0.25) is 9.59 Å². The molecule has 0 unspecified atom stereocenters. The van der Waals surface area contributed by atoms with Crippen LogP contribution in [0.3, 0.4) is 0 Å². The van der Waals surface area contributed by atoms with Gasteiger partial charge in [-0.15, -0.1) is 0 Å². The Morgan fingerprint density at radius 2 is 1.87 bits per heavy atom. The first-order chi connectivity index (χ1) is 14.4. The smallest absolute Gasteiger partial charge is 0.333 e. The lowest BCUT2D eigenvalue weighted by Crippen LogP contribution is -2.62. The van der Waals surface area contributed by atoms with Gasteiger partial charge in [-0.1, -0.05) is 13.5 Å². The quantitative estimate of drug-likeness (QED) is 0.351. The van der Waals surface area contributed by atoms with E-state index in [4.69, 9.17) is 14.2 Å². The van der Waals surface area contributed by atoms with E-state index in [-0.39, 0.29) is 42.8 Å². The SMILES string of the molecule is C=C(C(=O)OC)[C@H]1[C@@H](O)[C@H]2C(=O)CC[C@@H](O)[C@@]2(C)C[C@H]1OC(=O)/C(C)=C\COC(C)=O. The predicted octanol–water partition coefficient (Wildman–Crippen LogP) is 0.864. The van der Waals surface area contributed by atoms with Crippen LogP contribution >= 0.6 is 0 Å². The number of esters is 3. The van der Waals surface area contributed by atoms with Gasteiger partial charge in [0.05, 0.1) is 31.2 Å². The Hall–Kier alpha value is -2.52. The third-order valence-electron chi connectivity index (χ3n) is 6.34. The maximum atomic E-state index is 12.6. The highest BCUT2D eigenvalue weighted by atomic mass is 16.5. The summed E-state index contributed by atoms with van der Waals surface area (Å²) >= 11 is 0. The molecule has 0 saturated heterocycles. The van der Waals surface area contributed by atoms with Crippen LogP contribution in [0.1, 0.15) is 40.0 Å². The topological polar surface area (TPSA) is 136 Å². The Kier molecular flexibility index (Phi) is 7.77. The summed E-state index contributed by atoms with van der Waals surface area (Å²) in [6.07, 6.45) is -1.55. The number of hydrogen-bond donors (Lipinski definition) is 2. The van der Waals surface area contributed by atoms with Crippen molar-refractivity contribution in [1.29, 1.82) is 0 Å². The van der Waals surface area contributed by atoms with Crippen LogP contribution < -0.4 is 0 Å². The summed E-state index contributed by atoms with van der Waals surface area (Å²) in [6.45, 7) is 7.97. The molecule has 2 rings (SSSR count). The summed E-state index contributed by atoms with van der Waals surface area (Å²) in [7, 11) is 1.16. The van der Waals surface area contributed by atoms with E-state index in [9.17, 15) is 29.4 Å². The van der Waals surface area contributed by atoms with Gasteiger partial charge in [0.25, 0.3) is 0 Å². The lowest BCUT2D eigenvalue weighted by atomic mass is 9.53. The highest BCUT2D eigenvalue weighted by molar-refractivity contribution is 5.90. The molecular formula is C22H30O9. The van der Waals surface area contributed by atoms with Crippen molar-refractivity contribution >= 4 is 23.7 Å². The lowest BCUT2D eigenvalue weighted by Gasteiger charge is -2.54. The zero-order valence-electron chi connectivity index (χ0n) is 18.3. The van der Waals surface area contributed by atoms with E-state index in [1.807, 2.05) is 0 Å². The molecule has 9 nitrogen and oxygen atoms in total. The van der Waals surface area contributed by atoms with Crippen molar-refractivity contribution in [3.05, 3.63) is 23.8 Å². The molecule has 31 heavy (non-hydrogen) atoms. The molecule has 0 aromatic carbocycles. The van der Waals surface area contributed by atoms with Gasteiger partial charge in [0.2, 0.25) is 0 Å². The molecule has 6 atom stereocenters. The van der Waals surface area contributed by atoms with Crippen molar-refractivity contribution in [3.8, 4) is 0 Å². The molecule has 2 N–H and O–H groups in total. The normalized spacial score (nSPS) is 33.2. The number of fused-ring (bicyclic) bond motifs is 1. The maximum Gasteiger partial charge on any atom is 0.333 e. The van der Waals surface area contributed by atoms with Gasteiger partial charge < -0.3 is 24.4 Å². The number of hydrogen-bond acceptors (Lipinski definition) is 9. The lowest BCUT2D eigenvalue weighted by molar-refractivity contribution is -0.189. The fourth-order valence-electron chi connectivity index (χ4n) is 4.58. The number of Topliss-reactive ketones (excluding diaryl/α,β-unsaturated/α-hetero) is 1. The second kappa shape index (κ2) is 9.74. The molecule has 2 fully saturated rings. The minimum Gasteiger partial charge on any atom is -0.466 e. The molecule has 0 bridgehead atoms. The van der Waals surface area contributed by atoms with Crippen LogP contribution in [-0.2, 0) is 33.4 Å². The molecule has 0 aromatic rings. The van der Waals surface area contributed by atoms with Crippen molar-refractivity contribution in [2.45, 2.75) is 58.3 Å². The van der Waals surface area contributed by atoms with E-state index in [1.54, 1.807) is 6.92 Å². The Morgan fingerprint density at radius 1 is 1.23 bits per heavy atom. The summed E-state index contributed by atoms with van der Waals surface area (Å²) in [5.41, 5.74) is -1.00. The Morgan fingerprint density at radius 3 is 2.45 bits per heavy atom. The van der Waals surface area contributed by atoms with E-state index in [1.165, 1.54) is 19.9 Å². The molecule has 0 heterocycles. The van der Waals surface area contributed by atoms with E-state index in [0.29, 0.717) is 0 Å². The number of aliphatic hydroxyl groups is 2. The zero-order chi connectivity index (χ0) is 23.5. The van der Waals surface area contributed by atoms with Gasteiger partial charge >= 0.3 is 17.9 Å². The third kappa shape index (κ3) is 5.04. The van der Waals surface area contributed by atoms with Gasteiger partial charge in [0, 0.05) is 29.9 Å². The first-order valence-corrected chi connectivity index (χ1v) is 10.1. The fourth-order valence-corrected chi connectivity index (χ4v) is 4.58. The van der Waals surface area contributed by atoms with Crippen LogP contribution in [0.5, 0.6) is 0 Å². The number of methoxy groups -OCH3 is 1. The number of aliphatic hydroxyl groups excluding tert-OH is 2. The summed E-state index contributed by atoms with van der Waals surface area (Å²) in [5, 5.41) is 21.7. The number of ketones is 1. The molecule has 2 aliphatic rings. The highest BCUT2D eigenvalue weighted by Crippen LogP contribution is 2.52.